The molecule has 2 N–H and O–H groups in total. The summed E-state index contributed by atoms with van der Waals surface area (Å²) in [6.07, 6.45) is 3.41. The number of anilines is 3. The molecule has 0 radical (unpaired) electrons. The summed E-state index contributed by atoms with van der Waals surface area (Å²) >= 11 is 0. The zero-order valence-electron chi connectivity index (χ0n) is 11.8. The lowest BCUT2D eigenvalue weighted by Gasteiger charge is -2.18. The highest BCUT2D eigenvalue weighted by molar-refractivity contribution is 5.58. The molecule has 1 aromatic carbocycles. The molecule has 0 spiro atoms. The van der Waals surface area contributed by atoms with E-state index >= 15 is 0 Å². The molecule has 0 saturated heterocycles. The standard InChI is InChI=1S/C14H15N7/c1-10-5-3-6-11(9-10)20(2)13-17-12(15)18-14(19-13)21-8-4-7-16-21/h3-9H,1-2H3,(H2,15,17,18,19). The quantitative estimate of drug-likeness (QED) is 0.786. The van der Waals surface area contributed by atoms with E-state index in [-0.39, 0.29) is 5.95 Å². The van der Waals surface area contributed by atoms with Gasteiger partial charge in [0.15, 0.2) is 0 Å². The van der Waals surface area contributed by atoms with Gasteiger partial charge in [-0.05, 0) is 30.7 Å². The van der Waals surface area contributed by atoms with Crippen molar-refractivity contribution in [1.82, 2.24) is 24.7 Å². The van der Waals surface area contributed by atoms with Crippen LogP contribution in [0.4, 0.5) is 17.6 Å². The number of hydrogen-bond donors (Lipinski definition) is 1. The minimum Gasteiger partial charge on any atom is -0.368 e. The molecule has 7 heteroatoms. The Labute approximate surface area is 122 Å². The van der Waals surface area contributed by atoms with Crippen LogP contribution in [0.25, 0.3) is 5.95 Å². The largest absolute Gasteiger partial charge is 0.368 e. The van der Waals surface area contributed by atoms with Gasteiger partial charge in [-0.25, -0.2) is 4.68 Å². The van der Waals surface area contributed by atoms with Crippen LogP contribution < -0.4 is 10.6 Å². The fourth-order valence-electron chi connectivity index (χ4n) is 1.96. The summed E-state index contributed by atoms with van der Waals surface area (Å²) in [6.45, 7) is 2.04. The van der Waals surface area contributed by atoms with E-state index in [1.165, 1.54) is 0 Å². The van der Waals surface area contributed by atoms with E-state index in [1.807, 2.05) is 43.1 Å². The molecule has 0 atom stereocenters. The molecule has 2 heterocycles. The summed E-state index contributed by atoms with van der Waals surface area (Å²) in [5.41, 5.74) is 7.92. The lowest BCUT2D eigenvalue weighted by molar-refractivity contribution is 0.795. The third-order valence-corrected chi connectivity index (χ3v) is 3.03. The molecule has 0 amide bonds. The number of aryl methyl sites for hydroxylation is 1. The Kier molecular flexibility index (Phi) is 3.23. The second-order valence-electron chi connectivity index (χ2n) is 4.64. The van der Waals surface area contributed by atoms with E-state index in [9.17, 15) is 0 Å². The Balaban J connectivity index is 2.02. The Bertz CT molecular complexity index is 752. The zero-order chi connectivity index (χ0) is 14.8. The first kappa shape index (κ1) is 13.0. The number of aromatic nitrogens is 5. The van der Waals surface area contributed by atoms with Gasteiger partial charge in [-0.1, -0.05) is 12.1 Å². The molecule has 0 bridgehead atoms. The molecule has 2 aromatic heterocycles. The van der Waals surface area contributed by atoms with E-state index in [4.69, 9.17) is 5.73 Å². The number of hydrogen-bond acceptors (Lipinski definition) is 6. The van der Waals surface area contributed by atoms with Crippen molar-refractivity contribution in [1.29, 1.82) is 0 Å². The summed E-state index contributed by atoms with van der Waals surface area (Å²) in [6, 6.07) is 9.85. The SMILES string of the molecule is Cc1cccc(N(C)c2nc(N)nc(-n3cccn3)n2)c1. The molecule has 0 aliphatic rings. The lowest BCUT2D eigenvalue weighted by atomic mass is 10.2. The van der Waals surface area contributed by atoms with Crippen molar-refractivity contribution in [3.63, 3.8) is 0 Å². The van der Waals surface area contributed by atoms with Crippen LogP contribution in [0.15, 0.2) is 42.7 Å². The number of nitrogens with two attached hydrogens (primary N) is 1. The van der Waals surface area contributed by atoms with E-state index in [1.54, 1.807) is 23.1 Å². The van der Waals surface area contributed by atoms with Crippen LogP contribution in [0.3, 0.4) is 0 Å². The summed E-state index contributed by atoms with van der Waals surface area (Å²) in [5.74, 6) is 1.02. The van der Waals surface area contributed by atoms with Crippen molar-refractivity contribution >= 4 is 17.6 Å². The number of rotatable bonds is 3. The van der Waals surface area contributed by atoms with Gasteiger partial charge in [0, 0.05) is 25.1 Å². The van der Waals surface area contributed by atoms with E-state index in [0.29, 0.717) is 11.9 Å². The van der Waals surface area contributed by atoms with Crippen LogP contribution in [0.2, 0.25) is 0 Å². The number of nitrogen functional groups attached to an aromatic ring is 1. The second kappa shape index (κ2) is 5.20. The van der Waals surface area contributed by atoms with Crippen LogP contribution in [0.5, 0.6) is 0 Å². The summed E-state index contributed by atoms with van der Waals surface area (Å²) in [4.78, 5) is 14.6. The molecule has 0 aliphatic heterocycles. The molecule has 7 nitrogen and oxygen atoms in total. The van der Waals surface area contributed by atoms with E-state index in [0.717, 1.165) is 11.3 Å². The van der Waals surface area contributed by atoms with Gasteiger partial charge in [0.2, 0.25) is 11.9 Å². The topological polar surface area (TPSA) is 85.8 Å². The van der Waals surface area contributed by atoms with E-state index < -0.39 is 0 Å². The van der Waals surface area contributed by atoms with Crippen molar-refractivity contribution in [2.45, 2.75) is 6.92 Å². The molecule has 0 fully saturated rings. The number of benzene rings is 1. The van der Waals surface area contributed by atoms with Crippen LogP contribution in [-0.2, 0) is 0 Å². The van der Waals surface area contributed by atoms with Crippen molar-refractivity contribution in [3.8, 4) is 5.95 Å². The van der Waals surface area contributed by atoms with Crippen LogP contribution >= 0.6 is 0 Å². The first-order valence-corrected chi connectivity index (χ1v) is 6.45. The summed E-state index contributed by atoms with van der Waals surface area (Å²) in [5, 5.41) is 4.10. The summed E-state index contributed by atoms with van der Waals surface area (Å²) < 4.78 is 1.55. The summed E-state index contributed by atoms with van der Waals surface area (Å²) in [7, 11) is 1.89. The fraction of sp³-hybridized carbons (Fsp3) is 0.143. The Morgan fingerprint density at radius 2 is 2.00 bits per heavy atom. The molecular weight excluding hydrogens is 266 g/mol. The molecule has 106 valence electrons. The average Bonchev–Trinajstić information content (AvgIpc) is 3.00. The van der Waals surface area contributed by atoms with Gasteiger partial charge in [0.05, 0.1) is 0 Å². The lowest BCUT2D eigenvalue weighted by Crippen LogP contribution is -2.17. The normalized spacial score (nSPS) is 10.6. The predicted molar refractivity (Wildman–Crippen MR) is 80.6 cm³/mol. The molecular formula is C14H15N7. The number of nitrogens with zero attached hydrogens (tertiary/aromatic N) is 6. The third kappa shape index (κ3) is 2.66. The molecule has 0 unspecified atom stereocenters. The smallest absolute Gasteiger partial charge is 0.257 e. The van der Waals surface area contributed by atoms with Gasteiger partial charge in [-0.3, -0.25) is 0 Å². The van der Waals surface area contributed by atoms with Gasteiger partial charge in [0.1, 0.15) is 0 Å². The molecule has 21 heavy (non-hydrogen) atoms. The van der Waals surface area contributed by atoms with Crippen LogP contribution in [0, 0.1) is 6.92 Å². The molecule has 0 aliphatic carbocycles. The van der Waals surface area contributed by atoms with Crippen molar-refractivity contribution < 1.29 is 0 Å². The predicted octanol–water partition coefficient (Wildman–Crippen LogP) is 1.72. The minimum absolute atomic E-state index is 0.157. The highest BCUT2D eigenvalue weighted by Gasteiger charge is 2.12. The fourth-order valence-corrected chi connectivity index (χ4v) is 1.96. The van der Waals surface area contributed by atoms with Gasteiger partial charge >= 0.3 is 0 Å². The van der Waals surface area contributed by atoms with Gasteiger partial charge < -0.3 is 10.6 Å². The van der Waals surface area contributed by atoms with Crippen molar-refractivity contribution in [2.24, 2.45) is 0 Å². The maximum absolute atomic E-state index is 5.78. The highest BCUT2D eigenvalue weighted by atomic mass is 15.4. The second-order valence-corrected chi connectivity index (χ2v) is 4.64. The van der Waals surface area contributed by atoms with E-state index in [2.05, 4.69) is 20.1 Å². The minimum atomic E-state index is 0.157. The Hall–Kier alpha value is -2.96. The third-order valence-electron chi connectivity index (χ3n) is 3.03. The monoisotopic (exact) mass is 281 g/mol. The highest BCUT2D eigenvalue weighted by Crippen LogP contribution is 2.21. The maximum Gasteiger partial charge on any atom is 0.257 e. The van der Waals surface area contributed by atoms with Gasteiger partial charge in [-0.15, -0.1) is 0 Å². The van der Waals surface area contributed by atoms with Crippen LogP contribution in [0.1, 0.15) is 5.56 Å². The van der Waals surface area contributed by atoms with Gasteiger partial charge in [-0.2, -0.15) is 20.1 Å². The van der Waals surface area contributed by atoms with Crippen molar-refractivity contribution in [2.75, 3.05) is 17.7 Å². The van der Waals surface area contributed by atoms with Crippen LogP contribution in [-0.4, -0.2) is 31.8 Å². The maximum atomic E-state index is 5.78. The molecule has 0 saturated carbocycles. The molecule has 3 aromatic rings. The first-order valence-electron chi connectivity index (χ1n) is 6.45. The van der Waals surface area contributed by atoms with Gasteiger partial charge in [0.25, 0.3) is 5.95 Å². The first-order chi connectivity index (χ1) is 10.1. The van der Waals surface area contributed by atoms with Crippen molar-refractivity contribution in [3.05, 3.63) is 48.3 Å². The molecule has 3 rings (SSSR count). The Morgan fingerprint density at radius 1 is 1.14 bits per heavy atom. The zero-order valence-corrected chi connectivity index (χ0v) is 11.8. The average molecular weight is 281 g/mol. The Morgan fingerprint density at radius 3 is 2.71 bits per heavy atom.